The Kier molecular flexibility index (Phi) is 12.0. The molecule has 1 unspecified atom stereocenters. The Morgan fingerprint density at radius 2 is 1.43 bits per heavy atom. The van der Waals surface area contributed by atoms with Crippen LogP contribution in [0.4, 0.5) is 0 Å². The van der Waals surface area contributed by atoms with Gasteiger partial charge >= 0.3 is 0 Å². The zero-order chi connectivity index (χ0) is 10.6. The Balaban J connectivity index is 3.15. The molecule has 1 heteroatoms. The predicted molar refractivity (Wildman–Crippen MR) is 70.2 cm³/mol. The molecule has 0 saturated carbocycles. The average Bonchev–Trinajstić information content (AvgIpc) is 2.21. The van der Waals surface area contributed by atoms with Crippen molar-refractivity contribution in [3.05, 3.63) is 0 Å². The molecule has 0 amide bonds. The van der Waals surface area contributed by atoms with Gasteiger partial charge in [-0.1, -0.05) is 74.7 Å². The topological polar surface area (TPSA) is 0 Å². The number of alkyl halides is 1. The molecule has 0 N–H and O–H groups in total. The molecule has 0 rings (SSSR count). The monoisotopic (exact) mass is 262 g/mol. The molecule has 0 aliphatic rings. The van der Waals surface area contributed by atoms with Gasteiger partial charge in [-0.2, -0.15) is 0 Å². The van der Waals surface area contributed by atoms with Crippen LogP contribution >= 0.6 is 15.9 Å². The van der Waals surface area contributed by atoms with Crippen molar-refractivity contribution in [3.8, 4) is 0 Å². The van der Waals surface area contributed by atoms with Crippen molar-refractivity contribution in [1.29, 1.82) is 0 Å². The second kappa shape index (κ2) is 11.6. The maximum absolute atomic E-state index is 3.61. The molecular weight excluding hydrogens is 236 g/mol. The highest BCUT2D eigenvalue weighted by atomic mass is 79.9. The van der Waals surface area contributed by atoms with Gasteiger partial charge in [-0.05, 0) is 18.8 Å². The summed E-state index contributed by atoms with van der Waals surface area (Å²) in [5, 5.41) is 1.20. The van der Waals surface area contributed by atoms with Gasteiger partial charge in [0.1, 0.15) is 0 Å². The molecule has 0 heterocycles. The van der Waals surface area contributed by atoms with Crippen LogP contribution in [0.25, 0.3) is 0 Å². The van der Waals surface area contributed by atoms with Gasteiger partial charge in [0.05, 0.1) is 0 Å². The number of unbranched alkanes of at least 4 members (excludes halogenated alkanes) is 5. The van der Waals surface area contributed by atoms with Crippen LogP contribution in [-0.4, -0.2) is 5.33 Å². The van der Waals surface area contributed by atoms with E-state index in [1.807, 2.05) is 0 Å². The van der Waals surface area contributed by atoms with E-state index in [-0.39, 0.29) is 0 Å². The van der Waals surface area contributed by atoms with Gasteiger partial charge < -0.3 is 0 Å². The van der Waals surface area contributed by atoms with Crippen molar-refractivity contribution in [2.24, 2.45) is 5.92 Å². The van der Waals surface area contributed by atoms with E-state index in [4.69, 9.17) is 0 Å². The molecule has 0 aromatic carbocycles. The van der Waals surface area contributed by atoms with Crippen LogP contribution in [0.2, 0.25) is 0 Å². The first kappa shape index (κ1) is 14.5. The molecule has 0 aromatic rings. The third-order valence-electron chi connectivity index (χ3n) is 2.88. The first-order chi connectivity index (χ1) is 6.85. The van der Waals surface area contributed by atoms with Crippen LogP contribution in [0.1, 0.15) is 71.6 Å². The first-order valence-corrected chi connectivity index (χ1v) is 7.53. The molecule has 86 valence electrons. The van der Waals surface area contributed by atoms with Gasteiger partial charge in [0.2, 0.25) is 0 Å². The zero-order valence-corrected chi connectivity index (χ0v) is 11.6. The lowest BCUT2D eigenvalue weighted by Gasteiger charge is -2.12. The summed E-state index contributed by atoms with van der Waals surface area (Å²) in [7, 11) is 0. The van der Waals surface area contributed by atoms with Crippen LogP contribution in [0.3, 0.4) is 0 Å². The molecule has 0 fully saturated rings. The highest BCUT2D eigenvalue weighted by Gasteiger charge is 2.04. The summed E-state index contributed by atoms with van der Waals surface area (Å²) in [6, 6.07) is 0. The summed E-state index contributed by atoms with van der Waals surface area (Å²) >= 11 is 3.61. The minimum absolute atomic E-state index is 0.936. The van der Waals surface area contributed by atoms with Gasteiger partial charge in [-0.15, -0.1) is 0 Å². The summed E-state index contributed by atoms with van der Waals surface area (Å²) < 4.78 is 0. The van der Waals surface area contributed by atoms with E-state index in [0.717, 1.165) is 5.92 Å². The van der Waals surface area contributed by atoms with Gasteiger partial charge in [0.15, 0.2) is 0 Å². The van der Waals surface area contributed by atoms with E-state index in [0.29, 0.717) is 0 Å². The fourth-order valence-electron chi connectivity index (χ4n) is 1.92. The molecule has 0 aliphatic carbocycles. The Morgan fingerprint density at radius 1 is 0.786 bits per heavy atom. The molecule has 14 heavy (non-hydrogen) atoms. The second-order valence-electron chi connectivity index (χ2n) is 4.37. The van der Waals surface area contributed by atoms with Crippen LogP contribution in [0, 0.1) is 5.92 Å². The van der Waals surface area contributed by atoms with Crippen molar-refractivity contribution in [3.63, 3.8) is 0 Å². The van der Waals surface area contributed by atoms with Crippen molar-refractivity contribution in [2.45, 2.75) is 71.6 Å². The average molecular weight is 263 g/mol. The van der Waals surface area contributed by atoms with E-state index >= 15 is 0 Å². The number of hydrogen-bond donors (Lipinski definition) is 0. The maximum atomic E-state index is 3.61. The van der Waals surface area contributed by atoms with Gasteiger partial charge in [0, 0.05) is 5.33 Å². The summed E-state index contributed by atoms with van der Waals surface area (Å²) in [5.41, 5.74) is 0. The second-order valence-corrected chi connectivity index (χ2v) is 5.01. The quantitative estimate of drug-likeness (QED) is 0.358. The standard InChI is InChI=1S/C13H27Br/c1-3-5-6-7-8-9-11-13(12-14)10-4-2/h13H,3-12H2,1-2H3. The predicted octanol–water partition coefficient (Wildman–Crippen LogP) is 5.55. The molecular formula is C13H27Br. The summed E-state index contributed by atoms with van der Waals surface area (Å²) in [6.45, 7) is 4.57. The van der Waals surface area contributed by atoms with Crippen molar-refractivity contribution in [2.75, 3.05) is 5.33 Å². The molecule has 0 spiro atoms. The lowest BCUT2D eigenvalue weighted by atomic mass is 9.98. The van der Waals surface area contributed by atoms with Crippen LogP contribution in [0.15, 0.2) is 0 Å². The molecule has 0 saturated heterocycles. The minimum Gasteiger partial charge on any atom is -0.0925 e. The van der Waals surface area contributed by atoms with Crippen molar-refractivity contribution in [1.82, 2.24) is 0 Å². The minimum atomic E-state index is 0.936. The van der Waals surface area contributed by atoms with Gasteiger partial charge in [0.25, 0.3) is 0 Å². The van der Waals surface area contributed by atoms with E-state index in [9.17, 15) is 0 Å². The van der Waals surface area contributed by atoms with Crippen molar-refractivity contribution < 1.29 is 0 Å². The normalized spacial score (nSPS) is 13.1. The van der Waals surface area contributed by atoms with Crippen molar-refractivity contribution >= 4 is 15.9 Å². The zero-order valence-electron chi connectivity index (χ0n) is 10.0. The first-order valence-electron chi connectivity index (χ1n) is 6.41. The lowest BCUT2D eigenvalue weighted by molar-refractivity contribution is 0.460. The molecule has 0 radical (unpaired) electrons. The fraction of sp³-hybridized carbons (Fsp3) is 1.00. The molecule has 0 nitrogen and oxygen atoms in total. The van der Waals surface area contributed by atoms with Crippen LogP contribution in [0.5, 0.6) is 0 Å². The fourth-order valence-corrected chi connectivity index (χ4v) is 2.57. The Morgan fingerprint density at radius 3 is 2.00 bits per heavy atom. The molecule has 0 aromatic heterocycles. The smallest absolute Gasteiger partial charge is 0.00596 e. The van der Waals surface area contributed by atoms with Gasteiger partial charge in [-0.25, -0.2) is 0 Å². The highest BCUT2D eigenvalue weighted by molar-refractivity contribution is 9.09. The van der Waals surface area contributed by atoms with E-state index in [1.54, 1.807) is 0 Å². The number of rotatable bonds is 10. The Bertz CT molecular complexity index is 101. The third-order valence-corrected chi connectivity index (χ3v) is 3.80. The SMILES string of the molecule is CCCCCCCCC(CBr)CCC. The summed E-state index contributed by atoms with van der Waals surface area (Å²) in [5.74, 6) is 0.936. The number of halogens is 1. The Hall–Kier alpha value is 0.480. The van der Waals surface area contributed by atoms with E-state index in [1.165, 1.54) is 63.1 Å². The Labute approximate surface area is 99.0 Å². The summed E-state index contributed by atoms with van der Waals surface area (Å²) in [4.78, 5) is 0. The molecule has 0 aliphatic heterocycles. The largest absolute Gasteiger partial charge is 0.0925 e. The van der Waals surface area contributed by atoms with Crippen LogP contribution < -0.4 is 0 Å². The lowest BCUT2D eigenvalue weighted by Crippen LogP contribution is -2.01. The van der Waals surface area contributed by atoms with Gasteiger partial charge in [-0.3, -0.25) is 0 Å². The highest BCUT2D eigenvalue weighted by Crippen LogP contribution is 2.18. The van der Waals surface area contributed by atoms with E-state index in [2.05, 4.69) is 29.8 Å². The summed E-state index contributed by atoms with van der Waals surface area (Å²) in [6.07, 6.45) is 12.8. The third kappa shape index (κ3) is 9.05. The molecule has 1 atom stereocenters. The van der Waals surface area contributed by atoms with E-state index < -0.39 is 0 Å². The van der Waals surface area contributed by atoms with Crippen LogP contribution in [-0.2, 0) is 0 Å². The number of hydrogen-bond acceptors (Lipinski definition) is 0. The molecule has 0 bridgehead atoms. The maximum Gasteiger partial charge on any atom is 0.00596 e.